The molecular formula is C6H9F3NO6P-2. The van der Waals surface area contributed by atoms with Crippen molar-refractivity contribution in [1.82, 2.24) is 5.32 Å². The number of alkyl halides is 3. The zero-order chi connectivity index (χ0) is 13.5. The molecule has 0 aliphatic heterocycles. The largest absolute Gasteiger partial charge is 0.790 e. The molecule has 1 amide bonds. The normalized spacial score (nSPS) is 12.5. The highest BCUT2D eigenvalue weighted by molar-refractivity contribution is 7.43. The molecule has 0 unspecified atom stereocenters. The van der Waals surface area contributed by atoms with Crippen molar-refractivity contribution in [2.75, 3.05) is 26.4 Å². The minimum absolute atomic E-state index is 0.271. The molecule has 17 heavy (non-hydrogen) atoms. The first kappa shape index (κ1) is 16.3. The molecule has 0 aromatic heterocycles. The summed E-state index contributed by atoms with van der Waals surface area (Å²) in [5.74, 6) is -2.10. The molecule has 0 fully saturated rings. The number of hydrogen-bond acceptors (Lipinski definition) is 6. The van der Waals surface area contributed by atoms with Crippen molar-refractivity contribution in [3.8, 4) is 0 Å². The summed E-state index contributed by atoms with van der Waals surface area (Å²) in [7, 11) is -5.06. The fourth-order valence-electron chi connectivity index (χ4n) is 0.647. The average molecular weight is 279 g/mol. The van der Waals surface area contributed by atoms with E-state index < -0.39 is 33.1 Å². The van der Waals surface area contributed by atoms with Crippen LogP contribution in [0.1, 0.15) is 0 Å². The highest BCUT2D eigenvalue weighted by atomic mass is 31.2. The summed E-state index contributed by atoms with van der Waals surface area (Å²) in [6.07, 6.45) is -4.96. The summed E-state index contributed by atoms with van der Waals surface area (Å²) in [5, 5.41) is 1.52. The Balaban J connectivity index is 3.42. The van der Waals surface area contributed by atoms with Crippen molar-refractivity contribution >= 4 is 13.7 Å². The van der Waals surface area contributed by atoms with E-state index in [9.17, 15) is 32.3 Å². The fraction of sp³-hybridized carbons (Fsp3) is 0.833. The summed E-state index contributed by atoms with van der Waals surface area (Å²) in [6.45, 7) is -1.49. The van der Waals surface area contributed by atoms with Gasteiger partial charge in [0, 0.05) is 6.54 Å². The number of hydrogen-bond donors (Lipinski definition) is 1. The number of amides is 1. The second kappa shape index (κ2) is 6.92. The van der Waals surface area contributed by atoms with E-state index in [2.05, 4.69) is 9.26 Å². The standard InChI is InChI=1S/C6H11F3NO6P/c7-6(8,9)5(11)10-1-2-15-3-4-16-17(12,13)14/h1-4H2,(H,10,11)(H2,12,13,14)/p-2. The van der Waals surface area contributed by atoms with Crippen LogP contribution in [0.3, 0.4) is 0 Å². The van der Waals surface area contributed by atoms with Crippen LogP contribution in [-0.4, -0.2) is 38.4 Å². The smallest absolute Gasteiger partial charge is 0.471 e. The lowest BCUT2D eigenvalue weighted by atomic mass is 10.5. The predicted octanol–water partition coefficient (Wildman–Crippen LogP) is -1.47. The number of phosphoric acid groups is 1. The number of phosphoric ester groups is 1. The Morgan fingerprint density at radius 1 is 1.24 bits per heavy atom. The molecule has 0 saturated carbocycles. The Labute approximate surface area is 94.1 Å². The molecule has 0 saturated heterocycles. The molecular weight excluding hydrogens is 270 g/mol. The van der Waals surface area contributed by atoms with Crippen LogP contribution in [0.25, 0.3) is 0 Å². The van der Waals surface area contributed by atoms with Gasteiger partial charge in [-0.2, -0.15) is 13.2 Å². The van der Waals surface area contributed by atoms with Gasteiger partial charge in [0.25, 0.3) is 0 Å². The first-order valence-electron chi connectivity index (χ1n) is 4.22. The van der Waals surface area contributed by atoms with Crippen molar-refractivity contribution in [3.05, 3.63) is 0 Å². The summed E-state index contributed by atoms with van der Waals surface area (Å²) >= 11 is 0. The van der Waals surface area contributed by atoms with E-state index in [-0.39, 0.29) is 13.2 Å². The van der Waals surface area contributed by atoms with Crippen LogP contribution in [0.2, 0.25) is 0 Å². The van der Waals surface area contributed by atoms with Crippen molar-refractivity contribution < 1.29 is 41.6 Å². The number of ether oxygens (including phenoxy) is 1. The van der Waals surface area contributed by atoms with Gasteiger partial charge in [-0.15, -0.1) is 0 Å². The number of carbonyl (C=O) groups excluding carboxylic acids is 1. The Morgan fingerprint density at radius 3 is 2.29 bits per heavy atom. The third-order valence-corrected chi connectivity index (χ3v) is 1.77. The maximum atomic E-state index is 11.6. The summed E-state index contributed by atoms with van der Waals surface area (Å²) < 4.78 is 53.2. The highest BCUT2D eigenvalue weighted by Crippen LogP contribution is 2.23. The zero-order valence-electron chi connectivity index (χ0n) is 8.36. The van der Waals surface area contributed by atoms with Crippen LogP contribution in [0.4, 0.5) is 13.2 Å². The zero-order valence-corrected chi connectivity index (χ0v) is 9.25. The Kier molecular flexibility index (Phi) is 6.65. The first-order valence-corrected chi connectivity index (χ1v) is 5.68. The third kappa shape index (κ3) is 10.2. The summed E-state index contributed by atoms with van der Waals surface area (Å²) in [6, 6.07) is 0. The van der Waals surface area contributed by atoms with Gasteiger partial charge in [-0.25, -0.2) is 0 Å². The van der Waals surface area contributed by atoms with E-state index >= 15 is 0 Å². The van der Waals surface area contributed by atoms with E-state index in [0.29, 0.717) is 0 Å². The van der Waals surface area contributed by atoms with Gasteiger partial charge in [-0.05, 0) is 0 Å². The predicted molar refractivity (Wildman–Crippen MR) is 43.4 cm³/mol. The van der Waals surface area contributed by atoms with Gasteiger partial charge in [0.15, 0.2) is 0 Å². The summed E-state index contributed by atoms with van der Waals surface area (Å²) in [5.41, 5.74) is 0. The number of halogens is 3. The topological polar surface area (TPSA) is 111 Å². The van der Waals surface area contributed by atoms with E-state index in [4.69, 9.17) is 0 Å². The average Bonchev–Trinajstić information content (AvgIpc) is 2.12. The van der Waals surface area contributed by atoms with Gasteiger partial charge in [-0.3, -0.25) is 4.79 Å². The van der Waals surface area contributed by atoms with Gasteiger partial charge in [-0.1, -0.05) is 0 Å². The first-order chi connectivity index (χ1) is 7.63. The maximum absolute atomic E-state index is 11.6. The van der Waals surface area contributed by atoms with Gasteiger partial charge in [0.2, 0.25) is 0 Å². The van der Waals surface area contributed by atoms with Crippen molar-refractivity contribution in [2.45, 2.75) is 6.18 Å². The van der Waals surface area contributed by atoms with Crippen LogP contribution in [0.15, 0.2) is 0 Å². The monoisotopic (exact) mass is 279 g/mol. The lowest BCUT2D eigenvalue weighted by Crippen LogP contribution is -2.38. The molecule has 7 nitrogen and oxygen atoms in total. The number of nitrogens with one attached hydrogen (secondary N) is 1. The maximum Gasteiger partial charge on any atom is 0.471 e. The fourth-order valence-corrected chi connectivity index (χ4v) is 0.945. The molecule has 0 aromatic rings. The van der Waals surface area contributed by atoms with Crippen LogP contribution in [-0.2, 0) is 18.6 Å². The van der Waals surface area contributed by atoms with E-state index in [0.717, 1.165) is 0 Å². The molecule has 0 aliphatic rings. The second-order valence-corrected chi connectivity index (χ2v) is 3.80. The van der Waals surface area contributed by atoms with Crippen LogP contribution in [0, 0.1) is 0 Å². The SMILES string of the molecule is O=C(NCCOCCOP(=O)([O-])[O-])C(F)(F)F. The molecule has 11 heteroatoms. The van der Waals surface area contributed by atoms with E-state index in [1.165, 1.54) is 5.32 Å². The molecule has 0 heterocycles. The quantitative estimate of drug-likeness (QED) is 0.450. The van der Waals surface area contributed by atoms with E-state index in [1.54, 1.807) is 0 Å². The van der Waals surface area contributed by atoms with Crippen molar-refractivity contribution in [3.63, 3.8) is 0 Å². The Morgan fingerprint density at radius 2 is 1.82 bits per heavy atom. The van der Waals surface area contributed by atoms with E-state index in [1.807, 2.05) is 0 Å². The van der Waals surface area contributed by atoms with Crippen molar-refractivity contribution in [2.24, 2.45) is 0 Å². The molecule has 0 aromatic carbocycles. The Bertz CT molecular complexity index is 290. The van der Waals surface area contributed by atoms with Crippen molar-refractivity contribution in [1.29, 1.82) is 0 Å². The lowest BCUT2D eigenvalue weighted by molar-refractivity contribution is -0.342. The molecule has 0 radical (unpaired) electrons. The minimum atomic E-state index is -5.06. The molecule has 1 N–H and O–H groups in total. The summed E-state index contributed by atoms with van der Waals surface area (Å²) in [4.78, 5) is 30.1. The molecule has 0 spiro atoms. The molecule has 0 bridgehead atoms. The highest BCUT2D eigenvalue weighted by Gasteiger charge is 2.38. The number of rotatable bonds is 7. The number of carbonyl (C=O) groups is 1. The second-order valence-electron chi connectivity index (χ2n) is 2.65. The van der Waals surface area contributed by atoms with Crippen LogP contribution < -0.4 is 15.1 Å². The Hall–Kier alpha value is -0.670. The lowest BCUT2D eigenvalue weighted by Gasteiger charge is -2.28. The van der Waals surface area contributed by atoms with Gasteiger partial charge in [0.1, 0.15) is 0 Å². The van der Waals surface area contributed by atoms with Crippen LogP contribution >= 0.6 is 7.82 Å². The van der Waals surface area contributed by atoms with Gasteiger partial charge < -0.3 is 28.9 Å². The minimum Gasteiger partial charge on any atom is -0.790 e. The molecule has 102 valence electrons. The van der Waals surface area contributed by atoms with Crippen LogP contribution in [0.5, 0.6) is 0 Å². The molecule has 0 aliphatic carbocycles. The molecule has 0 atom stereocenters. The van der Waals surface area contributed by atoms with Gasteiger partial charge in [0.05, 0.1) is 27.6 Å². The third-order valence-electron chi connectivity index (χ3n) is 1.27. The molecule has 0 rings (SSSR count). The van der Waals surface area contributed by atoms with Gasteiger partial charge >= 0.3 is 12.1 Å².